The highest BCUT2D eigenvalue weighted by molar-refractivity contribution is 14.1. The topological polar surface area (TPSA) is 117 Å². The van der Waals surface area contributed by atoms with Gasteiger partial charge < -0.3 is 20.1 Å². The molecule has 1 fully saturated rings. The maximum Gasteiger partial charge on any atom is 0.351 e. The Bertz CT molecular complexity index is 527. The lowest BCUT2D eigenvalue weighted by atomic mass is 10.1. The van der Waals surface area contributed by atoms with Crippen molar-refractivity contribution in [3.8, 4) is 0 Å². The van der Waals surface area contributed by atoms with Crippen molar-refractivity contribution in [3.63, 3.8) is 0 Å². The summed E-state index contributed by atoms with van der Waals surface area (Å²) in [5.74, 6) is -0.242. The quantitative estimate of drug-likeness (QED) is 0.379. The first-order chi connectivity index (χ1) is 8.99. The van der Waals surface area contributed by atoms with Gasteiger partial charge in [-0.1, -0.05) is 0 Å². The Morgan fingerprint density at radius 1 is 1.53 bits per heavy atom. The lowest BCUT2D eigenvalue weighted by molar-refractivity contribution is -0.0550. The third kappa shape index (κ3) is 2.58. The van der Waals surface area contributed by atoms with Crippen molar-refractivity contribution < 1.29 is 24.5 Å². The zero-order valence-corrected chi connectivity index (χ0v) is 11.6. The van der Waals surface area contributed by atoms with Crippen LogP contribution in [0, 0.1) is 3.57 Å². The molecule has 1 aromatic rings. The average Bonchev–Trinajstić information content (AvgIpc) is 2.68. The molecule has 1 aliphatic rings. The standard InChI is InChI=1S/C9H11FIN3O5/c10-13-7-3(11)1-14(9(18)12-7)8-6(17)5(16)4(2-15)19-8/h1,4-6,8,15-17H,2H2,(H,12,13,18)/t4-,5-,6+,8-/m1/s1. The molecule has 1 aliphatic heterocycles. The van der Waals surface area contributed by atoms with Gasteiger partial charge in [-0.2, -0.15) is 4.98 Å². The Morgan fingerprint density at radius 3 is 2.74 bits per heavy atom. The number of anilines is 1. The summed E-state index contributed by atoms with van der Waals surface area (Å²) in [6.07, 6.45) is -3.66. The van der Waals surface area contributed by atoms with Crippen LogP contribution >= 0.6 is 22.6 Å². The molecule has 0 saturated carbocycles. The number of hydrogen-bond acceptors (Lipinski definition) is 7. The molecule has 8 nitrogen and oxygen atoms in total. The maximum absolute atomic E-state index is 12.3. The average molecular weight is 387 g/mol. The Hall–Kier alpha value is -0.820. The number of rotatable bonds is 3. The van der Waals surface area contributed by atoms with E-state index in [-0.39, 0.29) is 9.39 Å². The van der Waals surface area contributed by atoms with Gasteiger partial charge in [-0.25, -0.2) is 10.3 Å². The van der Waals surface area contributed by atoms with Gasteiger partial charge in [-0.05, 0) is 22.6 Å². The van der Waals surface area contributed by atoms with E-state index in [0.717, 1.165) is 4.57 Å². The van der Waals surface area contributed by atoms with Gasteiger partial charge in [0.25, 0.3) is 0 Å². The first kappa shape index (κ1) is 14.6. The predicted octanol–water partition coefficient (Wildman–Crippen LogP) is -1.24. The monoisotopic (exact) mass is 387 g/mol. The highest BCUT2D eigenvalue weighted by atomic mass is 127. The van der Waals surface area contributed by atoms with Gasteiger partial charge in [-0.3, -0.25) is 4.57 Å². The van der Waals surface area contributed by atoms with Crippen LogP contribution < -0.4 is 11.2 Å². The second kappa shape index (κ2) is 5.66. The first-order valence-electron chi connectivity index (χ1n) is 5.27. The Labute approximate surface area is 119 Å². The lowest BCUT2D eigenvalue weighted by Gasteiger charge is -2.17. The smallest absolute Gasteiger partial charge is 0.351 e. The number of nitrogens with zero attached hydrogens (tertiary/aromatic N) is 2. The van der Waals surface area contributed by atoms with E-state index >= 15 is 0 Å². The van der Waals surface area contributed by atoms with E-state index in [1.807, 2.05) is 0 Å². The molecule has 0 bridgehead atoms. The van der Waals surface area contributed by atoms with Crippen LogP contribution in [0.5, 0.6) is 0 Å². The van der Waals surface area contributed by atoms with Crippen molar-refractivity contribution in [1.82, 2.24) is 9.55 Å². The van der Waals surface area contributed by atoms with Crippen molar-refractivity contribution in [2.24, 2.45) is 0 Å². The predicted molar refractivity (Wildman–Crippen MR) is 69.0 cm³/mol. The molecule has 4 N–H and O–H groups in total. The van der Waals surface area contributed by atoms with Crippen molar-refractivity contribution in [1.29, 1.82) is 0 Å². The molecule has 19 heavy (non-hydrogen) atoms. The molecule has 0 radical (unpaired) electrons. The summed E-state index contributed by atoms with van der Waals surface area (Å²) in [4.78, 5) is 15.1. The van der Waals surface area contributed by atoms with Gasteiger partial charge in [0.2, 0.25) is 0 Å². The molecule has 1 aromatic heterocycles. The van der Waals surface area contributed by atoms with Crippen LogP contribution in [-0.4, -0.2) is 49.8 Å². The van der Waals surface area contributed by atoms with Crippen LogP contribution in [0.15, 0.2) is 11.0 Å². The number of hydrogen-bond donors (Lipinski definition) is 4. The number of nitrogens with one attached hydrogen (secondary N) is 1. The number of ether oxygens (including phenoxy) is 1. The van der Waals surface area contributed by atoms with Crippen molar-refractivity contribution in [2.45, 2.75) is 24.5 Å². The molecule has 10 heteroatoms. The molecule has 2 heterocycles. The molecule has 2 rings (SSSR count). The fourth-order valence-corrected chi connectivity index (χ4v) is 2.33. The Morgan fingerprint density at radius 2 is 2.21 bits per heavy atom. The zero-order chi connectivity index (χ0) is 14.2. The third-order valence-electron chi connectivity index (χ3n) is 2.79. The van der Waals surface area contributed by atoms with Crippen molar-refractivity contribution in [3.05, 3.63) is 20.3 Å². The van der Waals surface area contributed by atoms with Gasteiger partial charge in [-0.15, -0.1) is 4.48 Å². The third-order valence-corrected chi connectivity index (χ3v) is 3.58. The largest absolute Gasteiger partial charge is 0.394 e. The van der Waals surface area contributed by atoms with Crippen molar-refractivity contribution >= 4 is 28.4 Å². The van der Waals surface area contributed by atoms with Gasteiger partial charge in [0.05, 0.1) is 10.2 Å². The van der Waals surface area contributed by atoms with E-state index < -0.39 is 36.8 Å². The van der Waals surface area contributed by atoms with Crippen LogP contribution in [0.25, 0.3) is 0 Å². The number of aliphatic hydroxyl groups excluding tert-OH is 3. The van der Waals surface area contributed by atoms with E-state index in [4.69, 9.17) is 9.84 Å². The highest BCUT2D eigenvalue weighted by Gasteiger charge is 2.43. The van der Waals surface area contributed by atoms with E-state index in [1.54, 1.807) is 22.6 Å². The molecule has 0 unspecified atom stereocenters. The van der Waals surface area contributed by atoms with Crippen LogP contribution in [0.3, 0.4) is 0 Å². The second-order valence-electron chi connectivity index (χ2n) is 3.95. The number of aliphatic hydroxyl groups is 3. The van der Waals surface area contributed by atoms with Crippen LogP contribution in [0.2, 0.25) is 0 Å². The fraction of sp³-hybridized carbons (Fsp3) is 0.556. The minimum Gasteiger partial charge on any atom is -0.394 e. The van der Waals surface area contributed by atoms with Gasteiger partial charge >= 0.3 is 5.69 Å². The Kier molecular flexibility index (Phi) is 4.35. The van der Waals surface area contributed by atoms with E-state index in [0.29, 0.717) is 0 Å². The normalized spacial score (nSPS) is 30.6. The van der Waals surface area contributed by atoms with Crippen LogP contribution in [0.1, 0.15) is 6.23 Å². The molecule has 0 aliphatic carbocycles. The van der Waals surface area contributed by atoms with E-state index in [2.05, 4.69) is 4.98 Å². The van der Waals surface area contributed by atoms with Crippen LogP contribution in [-0.2, 0) is 4.74 Å². The molecule has 4 atom stereocenters. The van der Waals surface area contributed by atoms with Gasteiger partial charge in [0, 0.05) is 6.20 Å². The molecular weight excluding hydrogens is 376 g/mol. The second-order valence-corrected chi connectivity index (χ2v) is 5.11. The maximum atomic E-state index is 12.3. The Balaban J connectivity index is 2.38. The number of halogens is 2. The minimum atomic E-state index is -1.39. The summed E-state index contributed by atoms with van der Waals surface area (Å²) in [7, 11) is 0. The van der Waals surface area contributed by atoms with E-state index in [9.17, 15) is 19.5 Å². The van der Waals surface area contributed by atoms with Crippen molar-refractivity contribution in [2.75, 3.05) is 12.1 Å². The molecule has 106 valence electrons. The minimum absolute atomic E-state index is 0.242. The summed E-state index contributed by atoms with van der Waals surface area (Å²) < 4.78 is 18.7. The van der Waals surface area contributed by atoms with Gasteiger partial charge in [0.1, 0.15) is 18.3 Å². The summed E-state index contributed by atoms with van der Waals surface area (Å²) in [6, 6.07) is 0. The highest BCUT2D eigenvalue weighted by Crippen LogP contribution is 2.28. The summed E-state index contributed by atoms with van der Waals surface area (Å²) in [5.41, 5.74) is 0.418. The zero-order valence-electron chi connectivity index (χ0n) is 9.40. The van der Waals surface area contributed by atoms with Gasteiger partial charge in [0.15, 0.2) is 12.0 Å². The van der Waals surface area contributed by atoms with E-state index in [1.165, 1.54) is 11.7 Å². The summed E-state index contributed by atoms with van der Waals surface area (Å²) >= 11 is 1.74. The fourth-order valence-electron chi connectivity index (χ4n) is 1.80. The molecule has 0 amide bonds. The SMILES string of the molecule is O=c1nc(NF)c(I)cn1[C@@H]1O[C@H](CO)[C@@H](O)[C@@H]1O. The summed E-state index contributed by atoms with van der Waals surface area (Å²) in [5, 5.41) is 28.4. The van der Waals surface area contributed by atoms with Crippen LogP contribution in [0.4, 0.5) is 10.3 Å². The molecule has 0 spiro atoms. The first-order valence-corrected chi connectivity index (χ1v) is 6.35. The lowest BCUT2D eigenvalue weighted by Crippen LogP contribution is -2.36. The number of aromatic nitrogens is 2. The summed E-state index contributed by atoms with van der Waals surface area (Å²) in [6.45, 7) is -0.502. The molecular formula is C9H11FIN3O5. The molecule has 0 aromatic carbocycles. The molecule has 1 saturated heterocycles.